The first-order chi connectivity index (χ1) is 12.6. The van der Waals surface area contributed by atoms with E-state index in [9.17, 15) is 9.59 Å². The Morgan fingerprint density at radius 2 is 1.92 bits per heavy atom. The monoisotopic (exact) mass is 367 g/mol. The lowest BCUT2D eigenvalue weighted by molar-refractivity contribution is -0.123. The quantitative estimate of drug-likeness (QED) is 0.878. The van der Waals surface area contributed by atoms with Crippen molar-refractivity contribution in [1.29, 1.82) is 0 Å². The summed E-state index contributed by atoms with van der Waals surface area (Å²) in [6.07, 6.45) is 0. The number of fused-ring (bicyclic) bond motifs is 2. The molecule has 1 saturated heterocycles. The first kappa shape index (κ1) is 17.0. The third kappa shape index (κ3) is 2.40. The lowest BCUT2D eigenvalue weighted by atomic mass is 10.1. The number of nitrogens with one attached hydrogen (secondary N) is 1. The Morgan fingerprint density at radius 3 is 2.65 bits per heavy atom. The van der Waals surface area contributed by atoms with E-state index in [1.165, 1.54) is 0 Å². The second kappa shape index (κ2) is 6.36. The molecule has 2 aromatic rings. The zero-order chi connectivity index (χ0) is 18.3. The predicted molar refractivity (Wildman–Crippen MR) is 106 cm³/mol. The Kier molecular flexibility index (Phi) is 4.15. The molecule has 134 valence electrons. The fourth-order valence-corrected chi connectivity index (χ4v) is 5.17. The largest absolute Gasteiger partial charge is 0.323 e. The number of thioether (sulfide) groups is 1. The molecule has 0 aromatic heterocycles. The van der Waals surface area contributed by atoms with Crippen LogP contribution in [0, 0.1) is 6.92 Å². The molecule has 1 spiro atoms. The lowest BCUT2D eigenvalue weighted by Crippen LogP contribution is -2.51. The molecule has 0 aliphatic carbocycles. The Bertz CT molecular complexity index is 868. The van der Waals surface area contributed by atoms with Gasteiger partial charge in [-0.05, 0) is 32.0 Å². The fourth-order valence-electron chi connectivity index (χ4n) is 3.71. The number of amides is 3. The minimum Gasteiger partial charge on any atom is -0.309 e. The van der Waals surface area contributed by atoms with Crippen molar-refractivity contribution in [2.45, 2.75) is 18.7 Å². The molecule has 0 radical (unpaired) electrons. The first-order valence-corrected chi connectivity index (χ1v) is 9.77. The third-order valence-corrected chi connectivity index (χ3v) is 6.38. The number of rotatable bonds is 2. The minimum atomic E-state index is -0.957. The number of nitrogens with zero attached hydrogens (tertiary/aromatic N) is 2. The van der Waals surface area contributed by atoms with Crippen LogP contribution >= 0.6 is 11.8 Å². The van der Waals surface area contributed by atoms with Gasteiger partial charge in [0.1, 0.15) is 0 Å². The molecule has 1 atom stereocenters. The topological polar surface area (TPSA) is 52.7 Å². The normalized spacial score (nSPS) is 21.4. The second-order valence-electron chi connectivity index (χ2n) is 6.51. The number of urea groups is 1. The number of para-hydroxylation sites is 1. The van der Waals surface area contributed by atoms with E-state index >= 15 is 0 Å². The molecule has 2 heterocycles. The van der Waals surface area contributed by atoms with Gasteiger partial charge in [-0.2, -0.15) is 0 Å². The van der Waals surface area contributed by atoms with Crippen LogP contribution in [0.25, 0.3) is 0 Å². The van der Waals surface area contributed by atoms with Crippen molar-refractivity contribution in [3.05, 3.63) is 59.7 Å². The molecule has 1 N–H and O–H groups in total. The molecule has 4 rings (SSSR count). The number of aryl methyl sites for hydroxylation is 1. The van der Waals surface area contributed by atoms with Crippen LogP contribution in [0.2, 0.25) is 0 Å². The second-order valence-corrected chi connectivity index (χ2v) is 7.79. The van der Waals surface area contributed by atoms with E-state index in [1.807, 2.05) is 62.4 Å². The van der Waals surface area contributed by atoms with Gasteiger partial charge in [0.2, 0.25) is 0 Å². The van der Waals surface area contributed by atoms with E-state index in [0.717, 1.165) is 28.3 Å². The Hall–Kier alpha value is -2.47. The maximum absolute atomic E-state index is 13.3. The number of anilines is 2. The molecule has 0 saturated carbocycles. The Balaban J connectivity index is 1.70. The van der Waals surface area contributed by atoms with Crippen molar-refractivity contribution in [1.82, 2.24) is 4.90 Å². The van der Waals surface area contributed by atoms with E-state index in [-0.39, 0.29) is 11.9 Å². The van der Waals surface area contributed by atoms with Gasteiger partial charge >= 0.3 is 6.03 Å². The van der Waals surface area contributed by atoms with Crippen LogP contribution in [0.4, 0.5) is 16.2 Å². The van der Waals surface area contributed by atoms with Crippen LogP contribution in [0.15, 0.2) is 48.5 Å². The van der Waals surface area contributed by atoms with Crippen LogP contribution in [0.3, 0.4) is 0 Å². The maximum Gasteiger partial charge on any atom is 0.323 e. The number of hydrogen-bond acceptors (Lipinski definition) is 3. The lowest BCUT2D eigenvalue weighted by Gasteiger charge is -2.33. The number of likely N-dealkylation sites (N-methyl/N-ethyl adjacent to an activating group) is 1. The summed E-state index contributed by atoms with van der Waals surface area (Å²) < 4.78 is 0. The van der Waals surface area contributed by atoms with Crippen molar-refractivity contribution in [2.24, 2.45) is 0 Å². The van der Waals surface area contributed by atoms with Crippen LogP contribution in [-0.4, -0.2) is 35.7 Å². The van der Waals surface area contributed by atoms with E-state index in [4.69, 9.17) is 0 Å². The number of benzene rings is 2. The minimum absolute atomic E-state index is 0.0252. The van der Waals surface area contributed by atoms with Gasteiger partial charge in [-0.1, -0.05) is 35.9 Å². The average molecular weight is 367 g/mol. The van der Waals surface area contributed by atoms with Gasteiger partial charge in [0.25, 0.3) is 5.91 Å². The molecule has 6 heteroatoms. The molecular formula is C20H21N3O2S. The van der Waals surface area contributed by atoms with Crippen molar-refractivity contribution in [3.8, 4) is 0 Å². The molecule has 3 amide bonds. The first-order valence-electron chi connectivity index (χ1n) is 8.78. The van der Waals surface area contributed by atoms with E-state index in [1.54, 1.807) is 21.6 Å². The summed E-state index contributed by atoms with van der Waals surface area (Å²) in [4.78, 5) is 28.9. The van der Waals surface area contributed by atoms with Crippen LogP contribution in [0.5, 0.6) is 0 Å². The van der Waals surface area contributed by atoms with Crippen molar-refractivity contribution in [2.75, 3.05) is 29.1 Å². The summed E-state index contributed by atoms with van der Waals surface area (Å²) in [7, 11) is 0. The molecule has 2 aromatic carbocycles. The van der Waals surface area contributed by atoms with Crippen molar-refractivity contribution < 1.29 is 9.59 Å². The van der Waals surface area contributed by atoms with E-state index in [0.29, 0.717) is 13.1 Å². The molecule has 1 fully saturated rings. The highest BCUT2D eigenvalue weighted by molar-refractivity contribution is 8.01. The summed E-state index contributed by atoms with van der Waals surface area (Å²) in [6.45, 7) is 5.10. The predicted octanol–water partition coefficient (Wildman–Crippen LogP) is 3.80. The highest BCUT2D eigenvalue weighted by Crippen LogP contribution is 2.53. The summed E-state index contributed by atoms with van der Waals surface area (Å²) in [6, 6.07) is 15.2. The zero-order valence-corrected chi connectivity index (χ0v) is 15.7. The molecule has 5 nitrogen and oxygen atoms in total. The van der Waals surface area contributed by atoms with Crippen LogP contribution in [-0.2, 0) is 9.67 Å². The van der Waals surface area contributed by atoms with Gasteiger partial charge in [0.05, 0.1) is 5.69 Å². The van der Waals surface area contributed by atoms with Gasteiger partial charge in [-0.3, -0.25) is 9.69 Å². The average Bonchev–Trinajstić information content (AvgIpc) is 3.19. The molecule has 0 bridgehead atoms. The highest BCUT2D eigenvalue weighted by Gasteiger charge is 2.59. The standard InChI is InChI=1S/C20H21N3O2S/c1-3-22-17-7-5-4-6-16(17)20(18(22)24)23(12-13-26-20)19(25)21-15-10-8-14(2)9-11-15/h4-11H,3,12-13H2,1-2H3,(H,21,25). The SMILES string of the molecule is CCN1C(=O)C2(SCCN2C(=O)Nc2ccc(C)cc2)c2ccccc21. The number of carbonyl (C=O) groups is 2. The summed E-state index contributed by atoms with van der Waals surface area (Å²) >= 11 is 1.55. The highest BCUT2D eigenvalue weighted by atomic mass is 32.2. The third-order valence-electron chi connectivity index (χ3n) is 4.97. The van der Waals surface area contributed by atoms with Gasteiger partial charge in [0, 0.05) is 30.1 Å². The molecule has 1 unspecified atom stereocenters. The van der Waals surface area contributed by atoms with Gasteiger partial charge < -0.3 is 10.2 Å². The van der Waals surface area contributed by atoms with Gasteiger partial charge in [-0.25, -0.2) is 4.79 Å². The molecule has 2 aliphatic rings. The Morgan fingerprint density at radius 1 is 1.19 bits per heavy atom. The number of hydrogen-bond donors (Lipinski definition) is 1. The maximum atomic E-state index is 13.3. The molecule has 2 aliphatic heterocycles. The van der Waals surface area contributed by atoms with Crippen LogP contribution in [0.1, 0.15) is 18.1 Å². The summed E-state index contributed by atoms with van der Waals surface area (Å²) in [5.74, 6) is 0.710. The van der Waals surface area contributed by atoms with E-state index in [2.05, 4.69) is 5.32 Å². The van der Waals surface area contributed by atoms with Gasteiger partial charge in [-0.15, -0.1) is 11.8 Å². The molecular weight excluding hydrogens is 346 g/mol. The van der Waals surface area contributed by atoms with Crippen molar-refractivity contribution in [3.63, 3.8) is 0 Å². The van der Waals surface area contributed by atoms with Crippen LogP contribution < -0.4 is 10.2 Å². The zero-order valence-electron chi connectivity index (χ0n) is 14.9. The van der Waals surface area contributed by atoms with Crippen molar-refractivity contribution >= 4 is 35.1 Å². The Labute approximate surface area is 157 Å². The number of carbonyl (C=O) groups excluding carboxylic acids is 2. The molecule has 26 heavy (non-hydrogen) atoms. The summed E-state index contributed by atoms with van der Waals surface area (Å²) in [5, 5.41) is 2.95. The fraction of sp³-hybridized carbons (Fsp3) is 0.300. The van der Waals surface area contributed by atoms with E-state index < -0.39 is 4.87 Å². The summed E-state index contributed by atoms with van der Waals surface area (Å²) in [5.41, 5.74) is 3.68. The van der Waals surface area contributed by atoms with Gasteiger partial charge in [0.15, 0.2) is 4.87 Å². The smallest absolute Gasteiger partial charge is 0.309 e.